The number of amides is 1. The number of ether oxygens (including phenoxy) is 1. The summed E-state index contributed by atoms with van der Waals surface area (Å²) in [4.78, 5) is 18.0. The van der Waals surface area contributed by atoms with Gasteiger partial charge < -0.3 is 20.7 Å². The van der Waals surface area contributed by atoms with Crippen molar-refractivity contribution in [1.82, 2.24) is 10.2 Å². The third kappa shape index (κ3) is 6.58. The fraction of sp³-hybridized carbons (Fsp3) is 0.600. The number of hydrogen-bond donors (Lipinski definition) is 2. The van der Waals surface area contributed by atoms with Crippen molar-refractivity contribution in [3.8, 4) is 0 Å². The molecule has 1 aromatic rings. The van der Waals surface area contributed by atoms with E-state index in [4.69, 9.17) is 10.5 Å². The second-order valence-electron chi connectivity index (χ2n) is 7.63. The van der Waals surface area contributed by atoms with Crippen LogP contribution in [0, 0.1) is 5.41 Å². The van der Waals surface area contributed by atoms with E-state index in [2.05, 4.69) is 48.4 Å². The van der Waals surface area contributed by atoms with E-state index in [1.54, 1.807) is 4.90 Å². The average Bonchev–Trinajstić information content (AvgIpc) is 2.61. The Morgan fingerprint density at radius 3 is 2.58 bits per heavy atom. The normalized spacial score (nSPS) is 16.4. The zero-order valence-corrected chi connectivity index (χ0v) is 16.2. The Kier molecular flexibility index (Phi) is 7.30. The zero-order valence-electron chi connectivity index (χ0n) is 16.2. The molecule has 0 saturated carbocycles. The minimum absolute atomic E-state index is 0.0426. The summed E-state index contributed by atoms with van der Waals surface area (Å²) in [5.41, 5.74) is 7.43. The molecule has 0 spiro atoms. The molecular formula is C20H32N4O2. The lowest BCUT2D eigenvalue weighted by Crippen LogP contribution is -2.48. The van der Waals surface area contributed by atoms with Crippen LogP contribution in [-0.2, 0) is 11.2 Å². The molecule has 2 rings (SSSR count). The third-order valence-corrected chi connectivity index (χ3v) is 4.58. The Bertz CT molecular complexity index is 593. The Morgan fingerprint density at radius 1 is 1.31 bits per heavy atom. The Morgan fingerprint density at radius 2 is 1.96 bits per heavy atom. The van der Waals surface area contributed by atoms with Gasteiger partial charge in [-0.3, -0.25) is 4.99 Å². The fourth-order valence-electron chi connectivity index (χ4n) is 3.18. The molecule has 0 aliphatic carbocycles. The number of nitrogens with one attached hydrogen (secondary N) is 1. The quantitative estimate of drug-likeness (QED) is 0.604. The first-order valence-corrected chi connectivity index (χ1v) is 9.42. The molecule has 0 bridgehead atoms. The maximum Gasteiger partial charge on any atom is 0.409 e. The van der Waals surface area contributed by atoms with Crippen molar-refractivity contribution in [2.75, 3.05) is 26.2 Å². The number of rotatable bonds is 6. The average molecular weight is 361 g/mol. The monoisotopic (exact) mass is 360 g/mol. The molecule has 0 radical (unpaired) electrons. The predicted molar refractivity (Wildman–Crippen MR) is 105 cm³/mol. The number of carbonyl (C=O) groups excluding carboxylic acids is 1. The van der Waals surface area contributed by atoms with E-state index in [1.807, 2.05) is 13.0 Å². The maximum absolute atomic E-state index is 11.7. The minimum atomic E-state index is -0.227. The highest BCUT2D eigenvalue weighted by molar-refractivity contribution is 5.78. The Labute approximate surface area is 156 Å². The van der Waals surface area contributed by atoms with Crippen molar-refractivity contribution < 1.29 is 9.53 Å². The molecule has 3 N–H and O–H groups in total. The number of guanidine groups is 1. The Hall–Kier alpha value is -2.24. The van der Waals surface area contributed by atoms with E-state index in [0.29, 0.717) is 32.2 Å². The maximum atomic E-state index is 11.7. The number of benzene rings is 1. The first-order valence-electron chi connectivity index (χ1n) is 9.42. The summed E-state index contributed by atoms with van der Waals surface area (Å²) in [6.07, 6.45) is 2.43. The molecule has 26 heavy (non-hydrogen) atoms. The van der Waals surface area contributed by atoms with Gasteiger partial charge in [0.25, 0.3) is 0 Å². The summed E-state index contributed by atoms with van der Waals surface area (Å²) in [6.45, 7) is 8.68. The lowest BCUT2D eigenvalue weighted by Gasteiger charge is -2.32. The predicted octanol–water partition coefficient (Wildman–Crippen LogP) is 2.78. The van der Waals surface area contributed by atoms with E-state index in [1.165, 1.54) is 5.56 Å². The topological polar surface area (TPSA) is 80.0 Å². The lowest BCUT2D eigenvalue weighted by atomic mass is 9.86. The summed E-state index contributed by atoms with van der Waals surface area (Å²) in [7, 11) is 0. The fourth-order valence-corrected chi connectivity index (χ4v) is 3.18. The van der Waals surface area contributed by atoms with Gasteiger partial charge in [-0.1, -0.05) is 44.2 Å². The molecule has 0 aromatic heterocycles. The van der Waals surface area contributed by atoms with E-state index < -0.39 is 0 Å². The number of carbonyl (C=O) groups is 1. The van der Waals surface area contributed by atoms with Gasteiger partial charge in [0.1, 0.15) is 0 Å². The lowest BCUT2D eigenvalue weighted by molar-refractivity contribution is 0.0963. The van der Waals surface area contributed by atoms with Crippen LogP contribution in [0.4, 0.5) is 4.79 Å². The first-order chi connectivity index (χ1) is 12.4. The Balaban J connectivity index is 1.77. The largest absolute Gasteiger partial charge is 0.450 e. The van der Waals surface area contributed by atoms with Gasteiger partial charge in [0.2, 0.25) is 0 Å². The minimum Gasteiger partial charge on any atom is -0.450 e. The molecule has 1 aliphatic rings. The van der Waals surface area contributed by atoms with Crippen LogP contribution in [-0.4, -0.2) is 49.2 Å². The van der Waals surface area contributed by atoms with Gasteiger partial charge >= 0.3 is 6.09 Å². The van der Waals surface area contributed by atoms with Crippen LogP contribution < -0.4 is 11.1 Å². The second kappa shape index (κ2) is 9.46. The van der Waals surface area contributed by atoms with Crippen LogP contribution in [0.1, 0.15) is 39.2 Å². The van der Waals surface area contributed by atoms with Crippen molar-refractivity contribution in [2.45, 2.75) is 46.1 Å². The molecule has 6 heteroatoms. The van der Waals surface area contributed by atoms with Gasteiger partial charge in [-0.05, 0) is 37.2 Å². The highest BCUT2D eigenvalue weighted by Gasteiger charge is 2.24. The summed E-state index contributed by atoms with van der Waals surface area (Å²) < 4.78 is 5.04. The van der Waals surface area contributed by atoms with Gasteiger partial charge in [-0.2, -0.15) is 0 Å². The third-order valence-electron chi connectivity index (χ3n) is 4.58. The van der Waals surface area contributed by atoms with Crippen LogP contribution in [0.15, 0.2) is 35.3 Å². The molecule has 1 amide bonds. The van der Waals surface area contributed by atoms with Gasteiger partial charge in [0.15, 0.2) is 5.96 Å². The van der Waals surface area contributed by atoms with Crippen molar-refractivity contribution in [2.24, 2.45) is 16.1 Å². The number of nitrogens with two attached hydrogens (primary N) is 1. The second-order valence-corrected chi connectivity index (χ2v) is 7.63. The van der Waals surface area contributed by atoms with Crippen molar-refractivity contribution in [1.29, 1.82) is 0 Å². The summed E-state index contributed by atoms with van der Waals surface area (Å²) in [6, 6.07) is 10.7. The van der Waals surface area contributed by atoms with Gasteiger partial charge in [-0.25, -0.2) is 4.79 Å². The molecule has 1 fully saturated rings. The first kappa shape index (κ1) is 20.1. The van der Waals surface area contributed by atoms with Crippen LogP contribution in [0.25, 0.3) is 0 Å². The smallest absolute Gasteiger partial charge is 0.409 e. The molecule has 6 nitrogen and oxygen atoms in total. The van der Waals surface area contributed by atoms with Crippen molar-refractivity contribution >= 4 is 12.1 Å². The van der Waals surface area contributed by atoms with E-state index in [-0.39, 0.29) is 17.6 Å². The van der Waals surface area contributed by atoms with Gasteiger partial charge in [-0.15, -0.1) is 0 Å². The summed E-state index contributed by atoms with van der Waals surface area (Å²) in [5.74, 6) is 0.487. The summed E-state index contributed by atoms with van der Waals surface area (Å²) >= 11 is 0. The van der Waals surface area contributed by atoms with Crippen molar-refractivity contribution in [3.05, 3.63) is 35.9 Å². The number of piperidine rings is 1. The highest BCUT2D eigenvalue weighted by atomic mass is 16.6. The van der Waals surface area contributed by atoms with Crippen LogP contribution in [0.3, 0.4) is 0 Å². The standard InChI is InChI=1S/C20H32N4O2/c1-4-26-19(25)24-12-10-17(11-13-24)23-18(21)22-15-20(2,3)14-16-8-6-5-7-9-16/h5-9,17H,4,10-15H2,1-3H3,(H3,21,22,23). The molecule has 0 atom stereocenters. The highest BCUT2D eigenvalue weighted by Crippen LogP contribution is 2.22. The van der Waals surface area contributed by atoms with E-state index >= 15 is 0 Å². The van der Waals surface area contributed by atoms with E-state index in [0.717, 1.165) is 19.3 Å². The number of hydrogen-bond acceptors (Lipinski definition) is 3. The molecule has 1 heterocycles. The number of aliphatic imine (C=N–C) groups is 1. The molecule has 1 aliphatic heterocycles. The van der Waals surface area contributed by atoms with E-state index in [9.17, 15) is 4.79 Å². The van der Waals surface area contributed by atoms with Crippen molar-refractivity contribution in [3.63, 3.8) is 0 Å². The SMILES string of the molecule is CCOC(=O)N1CCC(NC(N)=NCC(C)(C)Cc2ccccc2)CC1. The number of nitrogens with zero attached hydrogens (tertiary/aromatic N) is 2. The number of likely N-dealkylation sites (tertiary alicyclic amines) is 1. The molecular weight excluding hydrogens is 328 g/mol. The van der Waals surface area contributed by atoms with Crippen LogP contribution in [0.5, 0.6) is 0 Å². The molecule has 1 aromatic carbocycles. The summed E-state index contributed by atoms with van der Waals surface area (Å²) in [5, 5.41) is 3.30. The molecule has 1 saturated heterocycles. The van der Waals surface area contributed by atoms with Crippen LogP contribution >= 0.6 is 0 Å². The van der Waals surface area contributed by atoms with Gasteiger partial charge in [0.05, 0.1) is 6.61 Å². The zero-order chi connectivity index (χ0) is 19.0. The van der Waals surface area contributed by atoms with Crippen LogP contribution in [0.2, 0.25) is 0 Å². The molecule has 144 valence electrons. The molecule has 0 unspecified atom stereocenters. The van der Waals surface area contributed by atoms with Gasteiger partial charge in [0, 0.05) is 25.7 Å².